The second-order valence-corrected chi connectivity index (χ2v) is 8.74. The lowest BCUT2D eigenvalue weighted by atomic mass is 9.83. The number of carbonyl (C=O) groups excluding carboxylic acids is 1. The molecular formula is C20H32O. The zero-order valence-electron chi connectivity index (χ0n) is 14.9. The smallest absolute Gasteiger partial charge is 0.137 e. The van der Waals surface area contributed by atoms with Gasteiger partial charge in [-0.15, -0.1) is 0 Å². The minimum absolute atomic E-state index is 0.170. The maximum absolute atomic E-state index is 12.2. The van der Waals surface area contributed by atoms with E-state index in [2.05, 4.69) is 72.7 Å². The van der Waals surface area contributed by atoms with Crippen molar-refractivity contribution in [3.05, 3.63) is 35.4 Å². The second-order valence-electron chi connectivity index (χ2n) is 8.74. The number of hydrogen-bond donors (Lipinski definition) is 0. The van der Waals surface area contributed by atoms with Gasteiger partial charge in [-0.05, 0) is 34.3 Å². The van der Waals surface area contributed by atoms with E-state index in [-0.39, 0.29) is 5.41 Å². The lowest BCUT2D eigenvalue weighted by Gasteiger charge is -2.22. The van der Waals surface area contributed by atoms with Crippen molar-refractivity contribution in [3.8, 4) is 0 Å². The molecule has 0 fully saturated rings. The second kappa shape index (κ2) is 6.77. The topological polar surface area (TPSA) is 17.1 Å². The number of ketones is 1. The van der Waals surface area contributed by atoms with Crippen LogP contribution in [0.15, 0.2) is 24.3 Å². The highest BCUT2D eigenvalue weighted by molar-refractivity contribution is 5.81. The van der Waals surface area contributed by atoms with Gasteiger partial charge in [0.05, 0.1) is 0 Å². The van der Waals surface area contributed by atoms with Crippen LogP contribution in [0, 0.1) is 11.3 Å². The summed E-state index contributed by atoms with van der Waals surface area (Å²) in [5, 5.41) is 0. The summed E-state index contributed by atoms with van der Waals surface area (Å²) in [5.41, 5.74) is 2.92. The van der Waals surface area contributed by atoms with Gasteiger partial charge in [0.25, 0.3) is 0 Å². The Kier molecular flexibility index (Phi) is 5.78. The average molecular weight is 288 g/mol. The van der Waals surface area contributed by atoms with Crippen molar-refractivity contribution in [3.63, 3.8) is 0 Å². The summed E-state index contributed by atoms with van der Waals surface area (Å²) >= 11 is 0. The molecule has 0 N–H and O–H groups in total. The average Bonchev–Trinajstić information content (AvgIpc) is 2.25. The van der Waals surface area contributed by atoms with Crippen molar-refractivity contribution >= 4 is 5.78 Å². The largest absolute Gasteiger partial charge is 0.299 e. The third-order valence-electron chi connectivity index (χ3n) is 3.76. The highest BCUT2D eigenvalue weighted by Gasteiger charge is 2.18. The summed E-state index contributed by atoms with van der Waals surface area (Å²) in [6.07, 6.45) is 2.36. The van der Waals surface area contributed by atoms with Crippen molar-refractivity contribution in [2.75, 3.05) is 0 Å². The van der Waals surface area contributed by atoms with Crippen LogP contribution in [0.3, 0.4) is 0 Å². The Bertz CT molecular complexity index is 454. The normalized spacial score (nSPS) is 14.0. The molecule has 21 heavy (non-hydrogen) atoms. The van der Waals surface area contributed by atoms with Gasteiger partial charge in [0, 0.05) is 12.8 Å². The molecule has 1 rings (SSSR count). The maximum Gasteiger partial charge on any atom is 0.137 e. The molecule has 1 aromatic rings. The van der Waals surface area contributed by atoms with Crippen LogP contribution >= 0.6 is 0 Å². The third kappa shape index (κ3) is 6.93. The Balaban J connectivity index is 2.56. The van der Waals surface area contributed by atoms with E-state index in [1.54, 1.807) is 0 Å². The molecule has 0 amide bonds. The Morgan fingerprint density at radius 2 is 1.52 bits per heavy atom. The van der Waals surface area contributed by atoms with Crippen LogP contribution in [0.1, 0.15) is 72.4 Å². The molecule has 1 aromatic carbocycles. The monoisotopic (exact) mass is 288 g/mol. The lowest BCUT2D eigenvalue weighted by molar-refractivity contribution is -0.119. The summed E-state index contributed by atoms with van der Waals surface area (Å²) in [7, 11) is 0. The van der Waals surface area contributed by atoms with Gasteiger partial charge < -0.3 is 0 Å². The van der Waals surface area contributed by atoms with Crippen molar-refractivity contribution in [2.24, 2.45) is 11.3 Å². The molecule has 0 bridgehead atoms. The molecule has 0 aromatic heterocycles. The van der Waals surface area contributed by atoms with Crippen molar-refractivity contribution in [1.82, 2.24) is 0 Å². The van der Waals surface area contributed by atoms with E-state index in [0.29, 0.717) is 30.0 Å². The van der Waals surface area contributed by atoms with Gasteiger partial charge in [-0.1, -0.05) is 72.7 Å². The third-order valence-corrected chi connectivity index (χ3v) is 3.76. The Hall–Kier alpha value is -1.11. The number of carbonyl (C=O) groups is 1. The van der Waals surface area contributed by atoms with E-state index in [1.807, 2.05) is 0 Å². The standard InChI is InChI=1S/C20H32O/c1-15(14-19(2,3)4)12-18(21)13-16-8-10-17(11-9-16)20(5,6)7/h8-11,15H,12-14H2,1-7H3. The van der Waals surface area contributed by atoms with Gasteiger partial charge in [-0.3, -0.25) is 4.79 Å². The molecule has 1 unspecified atom stereocenters. The first-order chi connectivity index (χ1) is 9.47. The van der Waals surface area contributed by atoms with E-state index in [0.717, 1.165) is 12.0 Å². The fourth-order valence-electron chi connectivity index (χ4n) is 2.93. The molecular weight excluding hydrogens is 256 g/mol. The van der Waals surface area contributed by atoms with Crippen LogP contribution < -0.4 is 0 Å². The zero-order chi connectivity index (χ0) is 16.3. The molecule has 1 atom stereocenters. The van der Waals surface area contributed by atoms with Gasteiger partial charge in [0.1, 0.15) is 5.78 Å². The Morgan fingerprint density at radius 1 is 1.00 bits per heavy atom. The fourth-order valence-corrected chi connectivity index (χ4v) is 2.93. The first-order valence-corrected chi connectivity index (χ1v) is 8.08. The van der Waals surface area contributed by atoms with Gasteiger partial charge in [0.15, 0.2) is 0 Å². The van der Waals surface area contributed by atoms with E-state index in [4.69, 9.17) is 0 Å². The van der Waals surface area contributed by atoms with Crippen LogP contribution in [0.5, 0.6) is 0 Å². The molecule has 0 heterocycles. The van der Waals surface area contributed by atoms with Gasteiger partial charge >= 0.3 is 0 Å². The SMILES string of the molecule is CC(CC(=O)Cc1ccc(C(C)(C)C)cc1)CC(C)(C)C. The first-order valence-electron chi connectivity index (χ1n) is 8.08. The lowest BCUT2D eigenvalue weighted by Crippen LogP contribution is -2.15. The van der Waals surface area contributed by atoms with Crippen molar-refractivity contribution < 1.29 is 4.79 Å². The van der Waals surface area contributed by atoms with Crippen molar-refractivity contribution in [1.29, 1.82) is 0 Å². The number of Topliss-reactive ketones (excluding diaryl/α,β-unsaturated/α-hetero) is 1. The van der Waals surface area contributed by atoms with Crippen LogP contribution in [0.2, 0.25) is 0 Å². The molecule has 0 aliphatic carbocycles. The molecule has 118 valence electrons. The zero-order valence-corrected chi connectivity index (χ0v) is 14.9. The number of benzene rings is 1. The van der Waals surface area contributed by atoms with Crippen LogP contribution in [0.25, 0.3) is 0 Å². The van der Waals surface area contributed by atoms with Crippen LogP contribution in [-0.4, -0.2) is 5.78 Å². The van der Waals surface area contributed by atoms with Gasteiger partial charge in [-0.2, -0.15) is 0 Å². The predicted molar refractivity (Wildman–Crippen MR) is 91.7 cm³/mol. The summed E-state index contributed by atoms with van der Waals surface area (Å²) in [4.78, 5) is 12.2. The molecule has 1 heteroatoms. The van der Waals surface area contributed by atoms with E-state index < -0.39 is 0 Å². The summed E-state index contributed by atoms with van der Waals surface area (Å²) in [6.45, 7) is 15.5. The maximum atomic E-state index is 12.2. The Labute approximate surface area is 131 Å². The summed E-state index contributed by atoms with van der Waals surface area (Å²) < 4.78 is 0. The van der Waals surface area contributed by atoms with Crippen LogP contribution in [-0.2, 0) is 16.6 Å². The molecule has 0 aliphatic heterocycles. The number of hydrogen-bond acceptors (Lipinski definition) is 1. The number of rotatable bonds is 5. The van der Waals surface area contributed by atoms with Gasteiger partial charge in [0.2, 0.25) is 0 Å². The fraction of sp³-hybridized carbons (Fsp3) is 0.650. The highest BCUT2D eigenvalue weighted by Crippen LogP contribution is 2.26. The molecule has 0 spiro atoms. The first kappa shape index (κ1) is 17.9. The Morgan fingerprint density at radius 3 is 1.95 bits per heavy atom. The molecule has 1 nitrogen and oxygen atoms in total. The summed E-state index contributed by atoms with van der Waals surface area (Å²) in [5.74, 6) is 0.821. The van der Waals surface area contributed by atoms with E-state index >= 15 is 0 Å². The van der Waals surface area contributed by atoms with Crippen molar-refractivity contribution in [2.45, 2.75) is 73.1 Å². The predicted octanol–water partition coefficient (Wildman–Crippen LogP) is 5.56. The summed E-state index contributed by atoms with van der Waals surface area (Å²) in [6, 6.07) is 8.52. The van der Waals surface area contributed by atoms with E-state index in [1.165, 1.54) is 5.56 Å². The highest BCUT2D eigenvalue weighted by atomic mass is 16.1. The molecule has 0 radical (unpaired) electrons. The van der Waals surface area contributed by atoms with E-state index in [9.17, 15) is 4.79 Å². The molecule has 0 saturated heterocycles. The minimum atomic E-state index is 0.170. The van der Waals surface area contributed by atoms with Gasteiger partial charge in [-0.25, -0.2) is 0 Å². The minimum Gasteiger partial charge on any atom is -0.299 e. The molecule has 0 saturated carbocycles. The van der Waals surface area contributed by atoms with Crippen LogP contribution in [0.4, 0.5) is 0 Å². The quantitative estimate of drug-likeness (QED) is 0.693. The molecule has 0 aliphatic rings.